The molecule has 4 aliphatic rings. The summed E-state index contributed by atoms with van der Waals surface area (Å²) in [6, 6.07) is 19.8. The number of amides is 2. The van der Waals surface area contributed by atoms with Crippen LogP contribution in [0.15, 0.2) is 60.7 Å². The van der Waals surface area contributed by atoms with Crippen molar-refractivity contribution in [1.29, 1.82) is 0 Å². The number of β-lactam (4-membered cyclic amide) rings is 2. The molecule has 52 heavy (non-hydrogen) atoms. The number of methoxy groups -OCH3 is 2. The molecule has 4 aliphatic heterocycles. The normalized spacial score (nSPS) is 19.5. The number of rotatable bonds is 9. The zero-order valence-corrected chi connectivity index (χ0v) is 30.9. The van der Waals surface area contributed by atoms with Crippen molar-refractivity contribution in [3.63, 3.8) is 0 Å². The van der Waals surface area contributed by atoms with E-state index in [-0.39, 0.29) is 22.6 Å². The zero-order chi connectivity index (χ0) is 36.0. The van der Waals surface area contributed by atoms with E-state index < -0.39 is 0 Å². The van der Waals surface area contributed by atoms with Crippen molar-refractivity contribution in [2.45, 2.75) is 38.8 Å². The molecule has 2 spiro atoms. The Kier molecular flexibility index (Phi) is 9.36. The number of pyridine rings is 2. The van der Waals surface area contributed by atoms with E-state index in [0.29, 0.717) is 46.3 Å². The Bertz CT molecular complexity index is 1900. The molecule has 8 rings (SSSR count). The smallest absolute Gasteiger partial charge is 0.228 e. The van der Waals surface area contributed by atoms with Crippen LogP contribution >= 0.6 is 23.2 Å². The molecule has 0 bridgehead atoms. The molecule has 12 heteroatoms. The van der Waals surface area contributed by atoms with Crippen molar-refractivity contribution >= 4 is 35.0 Å². The Balaban J connectivity index is 1.01. The van der Waals surface area contributed by atoms with Gasteiger partial charge < -0.3 is 20.1 Å². The van der Waals surface area contributed by atoms with Gasteiger partial charge in [0.1, 0.15) is 0 Å². The van der Waals surface area contributed by atoms with Gasteiger partial charge in [-0.1, -0.05) is 71.7 Å². The second-order valence-corrected chi connectivity index (χ2v) is 15.3. The Morgan fingerprint density at radius 3 is 1.33 bits per heavy atom. The van der Waals surface area contributed by atoms with E-state index in [1.807, 2.05) is 48.5 Å². The van der Waals surface area contributed by atoms with Crippen LogP contribution in [0.4, 0.5) is 0 Å². The van der Waals surface area contributed by atoms with Crippen molar-refractivity contribution < 1.29 is 19.1 Å². The molecule has 4 saturated heterocycles. The number of hydrogen-bond donors (Lipinski definition) is 2. The van der Waals surface area contributed by atoms with Crippen LogP contribution in [0.3, 0.4) is 0 Å². The van der Waals surface area contributed by atoms with Crippen molar-refractivity contribution in [3.8, 4) is 45.4 Å². The third kappa shape index (κ3) is 6.19. The Morgan fingerprint density at radius 1 is 0.615 bits per heavy atom. The highest BCUT2D eigenvalue weighted by Crippen LogP contribution is 2.43. The van der Waals surface area contributed by atoms with Gasteiger partial charge in [-0.15, -0.1) is 0 Å². The van der Waals surface area contributed by atoms with E-state index in [9.17, 15) is 9.59 Å². The predicted octanol–water partition coefficient (Wildman–Crippen LogP) is 6.23. The highest BCUT2D eigenvalue weighted by molar-refractivity contribution is 6.39. The van der Waals surface area contributed by atoms with Crippen LogP contribution in [0.25, 0.3) is 33.6 Å². The number of carbonyl (C=O) groups is 2. The Morgan fingerprint density at radius 2 is 1.00 bits per heavy atom. The molecule has 2 aromatic carbocycles. The van der Waals surface area contributed by atoms with E-state index in [0.717, 1.165) is 98.3 Å². The number of aromatic nitrogens is 2. The minimum Gasteiger partial charge on any atom is -0.481 e. The fourth-order valence-electron chi connectivity index (χ4n) is 8.10. The second-order valence-electron chi connectivity index (χ2n) is 14.5. The minimum atomic E-state index is -0.170. The van der Waals surface area contributed by atoms with Crippen LogP contribution in [0.5, 0.6) is 11.8 Å². The van der Waals surface area contributed by atoms with E-state index >= 15 is 0 Å². The summed E-state index contributed by atoms with van der Waals surface area (Å²) in [7, 11) is 3.27. The molecular weight excluding hydrogens is 699 g/mol. The predicted molar refractivity (Wildman–Crippen MR) is 201 cm³/mol. The third-order valence-corrected chi connectivity index (χ3v) is 12.5. The lowest BCUT2D eigenvalue weighted by molar-refractivity contribution is -0.144. The summed E-state index contributed by atoms with van der Waals surface area (Å²) >= 11 is 14.3. The Hall–Kier alpha value is -4.22. The van der Waals surface area contributed by atoms with Gasteiger partial charge in [0, 0.05) is 59.6 Å². The molecule has 0 aliphatic carbocycles. The van der Waals surface area contributed by atoms with Crippen molar-refractivity contribution in [1.82, 2.24) is 30.4 Å². The van der Waals surface area contributed by atoms with E-state index in [2.05, 4.69) is 32.6 Å². The number of ether oxygens (including phenoxy) is 2. The topological polar surface area (TPSA) is 109 Å². The first-order valence-corrected chi connectivity index (χ1v) is 18.7. The lowest BCUT2D eigenvalue weighted by Gasteiger charge is -2.46. The number of hydrogen-bond acceptors (Lipinski definition) is 8. The molecule has 0 saturated carbocycles. The quantitative estimate of drug-likeness (QED) is 0.195. The molecule has 0 radical (unpaired) electrons. The second kappa shape index (κ2) is 14.0. The number of likely N-dealkylation sites (tertiary alicyclic amines) is 2. The first kappa shape index (κ1) is 34.8. The summed E-state index contributed by atoms with van der Waals surface area (Å²) in [6.45, 7) is 6.42. The summed E-state index contributed by atoms with van der Waals surface area (Å²) in [5.74, 6) is 1.50. The maximum atomic E-state index is 12.1. The molecule has 10 nitrogen and oxygen atoms in total. The minimum absolute atomic E-state index is 0.170. The summed E-state index contributed by atoms with van der Waals surface area (Å²) in [6.07, 6.45) is 3.48. The average Bonchev–Trinajstić information content (AvgIpc) is 3.18. The molecule has 6 heterocycles. The maximum Gasteiger partial charge on any atom is 0.228 e. The summed E-state index contributed by atoms with van der Waals surface area (Å²) < 4.78 is 11.5. The van der Waals surface area contributed by atoms with Crippen molar-refractivity contribution in [2.24, 2.45) is 10.8 Å². The van der Waals surface area contributed by atoms with Crippen molar-refractivity contribution in [3.05, 3.63) is 81.8 Å². The standard InChI is InChI=1S/C40H42Cl2N6O4/c1-51-35-25(21-47-17-13-39(14-18-47)23-43-37(39)49)9-11-31(45-35)29-7-3-5-27(33(29)41)28-6-4-8-30(34(28)42)32-12-10-26(36(46-32)52-2)22-48-19-15-40(16-20-48)24-44-38(40)50/h3-12H,13-24H2,1-2H3,(H,43,49)(H,44,50). The molecule has 0 unspecified atom stereocenters. The molecule has 2 N–H and O–H groups in total. The van der Waals surface area contributed by atoms with Gasteiger partial charge in [0.05, 0.1) is 46.5 Å². The molecule has 270 valence electrons. The Labute approximate surface area is 313 Å². The van der Waals surface area contributed by atoms with Gasteiger partial charge in [-0.25, -0.2) is 9.97 Å². The number of nitrogens with one attached hydrogen (secondary N) is 2. The van der Waals surface area contributed by atoms with Gasteiger partial charge in [-0.2, -0.15) is 0 Å². The number of benzene rings is 2. The van der Waals surface area contributed by atoms with Gasteiger partial charge in [-0.05, 0) is 64.0 Å². The average molecular weight is 742 g/mol. The largest absolute Gasteiger partial charge is 0.481 e. The SMILES string of the molecule is COc1nc(-c2cccc(-c3cccc(-c4ccc(CN5CCC6(CC5)CNC6=O)c(OC)n4)c3Cl)c2Cl)ccc1CN1CCC2(CC1)CNC2=O. The van der Waals surface area contributed by atoms with E-state index in [4.69, 9.17) is 42.6 Å². The first-order valence-electron chi connectivity index (χ1n) is 17.9. The van der Waals surface area contributed by atoms with Gasteiger partial charge in [0.25, 0.3) is 0 Å². The fraction of sp³-hybridized carbons (Fsp3) is 0.400. The lowest BCUT2D eigenvalue weighted by Crippen LogP contribution is -2.62. The van der Waals surface area contributed by atoms with Crippen molar-refractivity contribution in [2.75, 3.05) is 53.5 Å². The van der Waals surface area contributed by atoms with Crippen LogP contribution in [0, 0.1) is 10.8 Å². The van der Waals surface area contributed by atoms with Crippen LogP contribution in [-0.4, -0.2) is 85.1 Å². The molecule has 2 aromatic heterocycles. The highest BCUT2D eigenvalue weighted by Gasteiger charge is 2.48. The number of piperidine rings is 2. The maximum absolute atomic E-state index is 12.1. The van der Waals surface area contributed by atoms with Gasteiger partial charge in [0.2, 0.25) is 23.6 Å². The summed E-state index contributed by atoms with van der Waals surface area (Å²) in [4.78, 5) is 38.7. The van der Waals surface area contributed by atoms with E-state index in [1.165, 1.54) is 0 Å². The molecule has 2 amide bonds. The first-order chi connectivity index (χ1) is 25.2. The number of halogens is 2. The third-order valence-electron chi connectivity index (χ3n) is 11.7. The monoisotopic (exact) mass is 740 g/mol. The fourth-order valence-corrected chi connectivity index (χ4v) is 8.75. The zero-order valence-electron chi connectivity index (χ0n) is 29.4. The van der Waals surface area contributed by atoms with E-state index in [1.54, 1.807) is 14.2 Å². The highest BCUT2D eigenvalue weighted by atomic mass is 35.5. The molecular formula is C40H42Cl2N6O4. The summed E-state index contributed by atoms with van der Waals surface area (Å²) in [5.41, 5.74) is 6.14. The van der Waals surface area contributed by atoms with Gasteiger partial charge in [0.15, 0.2) is 0 Å². The number of carbonyl (C=O) groups excluding carboxylic acids is 2. The van der Waals surface area contributed by atoms with Crippen LogP contribution < -0.4 is 20.1 Å². The lowest BCUT2D eigenvalue weighted by atomic mass is 9.72. The van der Waals surface area contributed by atoms with Crippen LogP contribution in [-0.2, 0) is 22.7 Å². The van der Waals surface area contributed by atoms with Gasteiger partial charge in [-0.3, -0.25) is 19.4 Å². The van der Waals surface area contributed by atoms with Crippen LogP contribution in [0.1, 0.15) is 36.8 Å². The summed E-state index contributed by atoms with van der Waals surface area (Å²) in [5, 5.41) is 6.88. The molecule has 0 atom stereocenters. The molecule has 4 fully saturated rings. The molecule has 4 aromatic rings. The van der Waals surface area contributed by atoms with Gasteiger partial charge >= 0.3 is 0 Å². The number of nitrogens with zero attached hydrogens (tertiary/aromatic N) is 4. The van der Waals surface area contributed by atoms with Crippen LogP contribution in [0.2, 0.25) is 10.0 Å².